The molecule has 1 amide bonds. The molecule has 110 valence electrons. The van der Waals surface area contributed by atoms with Crippen LogP contribution < -0.4 is 11.1 Å². The van der Waals surface area contributed by atoms with Gasteiger partial charge < -0.3 is 11.1 Å². The van der Waals surface area contributed by atoms with E-state index in [-0.39, 0.29) is 5.91 Å². The van der Waals surface area contributed by atoms with Crippen molar-refractivity contribution in [2.75, 3.05) is 5.73 Å². The van der Waals surface area contributed by atoms with Crippen LogP contribution >= 0.6 is 0 Å². The van der Waals surface area contributed by atoms with Crippen LogP contribution in [-0.4, -0.2) is 11.9 Å². The van der Waals surface area contributed by atoms with E-state index in [1.54, 1.807) is 0 Å². The zero-order valence-electron chi connectivity index (χ0n) is 12.4. The summed E-state index contributed by atoms with van der Waals surface area (Å²) in [5.41, 5.74) is 7.64. The Morgan fingerprint density at radius 3 is 3.00 bits per heavy atom. The molecule has 0 heterocycles. The maximum atomic E-state index is 12.0. The molecule has 0 saturated heterocycles. The highest BCUT2D eigenvalue weighted by Gasteiger charge is 2.21. The molecule has 0 bridgehead atoms. The van der Waals surface area contributed by atoms with E-state index in [0.717, 1.165) is 36.4 Å². The lowest BCUT2D eigenvalue weighted by molar-refractivity contribution is -0.122. The van der Waals surface area contributed by atoms with Crippen molar-refractivity contribution in [3.63, 3.8) is 0 Å². The fourth-order valence-corrected chi connectivity index (χ4v) is 3.10. The van der Waals surface area contributed by atoms with Gasteiger partial charge in [-0.05, 0) is 42.9 Å². The first-order valence-corrected chi connectivity index (χ1v) is 7.81. The summed E-state index contributed by atoms with van der Waals surface area (Å²) in [6, 6.07) is 8.17. The number of carbonyl (C=O) groups is 1. The summed E-state index contributed by atoms with van der Waals surface area (Å²) in [6.45, 7) is 2.24. The molecule has 1 aromatic carbocycles. The Labute approximate surface area is 121 Å². The molecule has 1 saturated carbocycles. The summed E-state index contributed by atoms with van der Waals surface area (Å²) >= 11 is 0. The normalized spacial score (nSPS) is 22.4. The van der Waals surface area contributed by atoms with Gasteiger partial charge >= 0.3 is 0 Å². The van der Waals surface area contributed by atoms with Gasteiger partial charge in [0.2, 0.25) is 5.91 Å². The number of carbonyl (C=O) groups excluding carboxylic acids is 1. The highest BCUT2D eigenvalue weighted by molar-refractivity contribution is 5.76. The quantitative estimate of drug-likeness (QED) is 0.810. The fraction of sp³-hybridized carbons (Fsp3) is 0.588. The molecule has 1 aromatic rings. The van der Waals surface area contributed by atoms with Crippen LogP contribution in [0, 0.1) is 5.92 Å². The predicted octanol–water partition coefficient (Wildman–Crippen LogP) is 3.29. The second-order valence-corrected chi connectivity index (χ2v) is 5.95. The Morgan fingerprint density at radius 1 is 1.40 bits per heavy atom. The van der Waals surface area contributed by atoms with Gasteiger partial charge in [0.15, 0.2) is 0 Å². The minimum absolute atomic E-state index is 0.175. The van der Waals surface area contributed by atoms with Crippen LogP contribution in [0.1, 0.15) is 51.0 Å². The molecule has 0 aromatic heterocycles. The number of hydrogen-bond donors (Lipinski definition) is 2. The lowest BCUT2D eigenvalue weighted by Gasteiger charge is -2.29. The standard InChI is InChI=1S/C17H26N2O/c1-2-13-5-4-8-16(12-13)19-17(20)10-9-14-6-3-7-15(18)11-14/h3,6-7,11,13,16H,2,4-5,8-10,12,18H2,1H3,(H,19,20). The molecule has 2 rings (SSSR count). The molecule has 3 N–H and O–H groups in total. The average molecular weight is 274 g/mol. The molecule has 1 aliphatic rings. The van der Waals surface area contributed by atoms with Crippen molar-refractivity contribution in [3.05, 3.63) is 29.8 Å². The first-order chi connectivity index (χ1) is 9.67. The van der Waals surface area contributed by atoms with E-state index >= 15 is 0 Å². The van der Waals surface area contributed by atoms with Gasteiger partial charge in [0.25, 0.3) is 0 Å². The predicted molar refractivity (Wildman–Crippen MR) is 83.4 cm³/mol. The van der Waals surface area contributed by atoms with Crippen molar-refractivity contribution in [1.29, 1.82) is 0 Å². The number of amides is 1. The van der Waals surface area contributed by atoms with Gasteiger partial charge in [-0.2, -0.15) is 0 Å². The van der Waals surface area contributed by atoms with Crippen LogP contribution in [-0.2, 0) is 11.2 Å². The van der Waals surface area contributed by atoms with Crippen LogP contribution in [0.4, 0.5) is 5.69 Å². The third-order valence-electron chi connectivity index (χ3n) is 4.32. The topological polar surface area (TPSA) is 55.1 Å². The van der Waals surface area contributed by atoms with Crippen LogP contribution in [0.25, 0.3) is 0 Å². The van der Waals surface area contributed by atoms with E-state index in [1.165, 1.54) is 19.3 Å². The number of rotatable bonds is 5. The molecule has 1 fully saturated rings. The number of hydrogen-bond acceptors (Lipinski definition) is 2. The van der Waals surface area contributed by atoms with Gasteiger partial charge in [0, 0.05) is 18.2 Å². The minimum atomic E-state index is 0.175. The number of nitrogens with one attached hydrogen (secondary N) is 1. The molecule has 0 aliphatic heterocycles. The lowest BCUT2D eigenvalue weighted by Crippen LogP contribution is -2.38. The summed E-state index contributed by atoms with van der Waals surface area (Å²) < 4.78 is 0. The Balaban J connectivity index is 1.75. The molecule has 0 radical (unpaired) electrons. The smallest absolute Gasteiger partial charge is 0.220 e. The first-order valence-electron chi connectivity index (χ1n) is 7.81. The molecule has 3 nitrogen and oxygen atoms in total. The van der Waals surface area contributed by atoms with Crippen LogP contribution in [0.2, 0.25) is 0 Å². The Kier molecular flexibility index (Phi) is 5.45. The summed E-state index contributed by atoms with van der Waals surface area (Å²) in [5.74, 6) is 0.970. The second kappa shape index (κ2) is 7.32. The van der Waals surface area contributed by atoms with Crippen LogP contribution in [0.15, 0.2) is 24.3 Å². The van der Waals surface area contributed by atoms with Crippen molar-refractivity contribution >= 4 is 11.6 Å². The van der Waals surface area contributed by atoms with Gasteiger partial charge in [0.1, 0.15) is 0 Å². The van der Waals surface area contributed by atoms with Crippen molar-refractivity contribution in [3.8, 4) is 0 Å². The van der Waals surface area contributed by atoms with Crippen LogP contribution in [0.3, 0.4) is 0 Å². The third kappa shape index (κ3) is 4.55. The van der Waals surface area contributed by atoms with Crippen LogP contribution in [0.5, 0.6) is 0 Å². The van der Waals surface area contributed by atoms with E-state index in [2.05, 4.69) is 12.2 Å². The van der Waals surface area contributed by atoms with E-state index in [4.69, 9.17) is 5.73 Å². The van der Waals surface area contributed by atoms with E-state index in [9.17, 15) is 4.79 Å². The molecule has 1 aliphatic carbocycles. The maximum absolute atomic E-state index is 12.0. The Hall–Kier alpha value is -1.51. The van der Waals surface area contributed by atoms with Gasteiger partial charge in [-0.1, -0.05) is 38.3 Å². The molecule has 20 heavy (non-hydrogen) atoms. The largest absolute Gasteiger partial charge is 0.399 e. The van der Waals surface area contributed by atoms with E-state index < -0.39 is 0 Å². The van der Waals surface area contributed by atoms with Gasteiger partial charge in [-0.15, -0.1) is 0 Å². The highest BCUT2D eigenvalue weighted by atomic mass is 16.1. The van der Waals surface area contributed by atoms with Crippen molar-refractivity contribution in [1.82, 2.24) is 5.32 Å². The summed E-state index contributed by atoms with van der Waals surface area (Å²) in [6.07, 6.45) is 7.42. The third-order valence-corrected chi connectivity index (χ3v) is 4.32. The zero-order chi connectivity index (χ0) is 14.4. The Bertz CT molecular complexity index is 444. The van der Waals surface area contributed by atoms with Gasteiger partial charge in [-0.25, -0.2) is 0 Å². The molecular formula is C17H26N2O. The molecule has 2 atom stereocenters. The van der Waals surface area contributed by atoms with Crippen molar-refractivity contribution in [2.45, 2.75) is 57.9 Å². The first kappa shape index (κ1) is 14.9. The van der Waals surface area contributed by atoms with Crippen molar-refractivity contribution in [2.24, 2.45) is 5.92 Å². The monoisotopic (exact) mass is 274 g/mol. The molecule has 3 heteroatoms. The van der Waals surface area contributed by atoms with Gasteiger partial charge in [-0.3, -0.25) is 4.79 Å². The summed E-state index contributed by atoms with van der Waals surface area (Å²) in [5, 5.41) is 3.20. The average Bonchev–Trinajstić information content (AvgIpc) is 2.45. The molecular weight excluding hydrogens is 248 g/mol. The maximum Gasteiger partial charge on any atom is 0.220 e. The van der Waals surface area contributed by atoms with E-state index in [0.29, 0.717) is 12.5 Å². The number of nitrogens with two attached hydrogens (primary N) is 1. The summed E-state index contributed by atoms with van der Waals surface area (Å²) in [4.78, 5) is 12.0. The minimum Gasteiger partial charge on any atom is -0.399 e. The molecule has 0 spiro atoms. The second-order valence-electron chi connectivity index (χ2n) is 5.95. The number of nitrogen functional groups attached to an aromatic ring is 1. The highest BCUT2D eigenvalue weighted by Crippen LogP contribution is 2.26. The lowest BCUT2D eigenvalue weighted by atomic mass is 9.84. The summed E-state index contributed by atoms with van der Waals surface area (Å²) in [7, 11) is 0. The number of aryl methyl sites for hydroxylation is 1. The van der Waals surface area contributed by atoms with Gasteiger partial charge in [0.05, 0.1) is 0 Å². The molecule has 2 unspecified atom stereocenters. The fourth-order valence-electron chi connectivity index (χ4n) is 3.10. The Morgan fingerprint density at radius 2 is 2.25 bits per heavy atom. The van der Waals surface area contributed by atoms with Crippen molar-refractivity contribution < 1.29 is 4.79 Å². The zero-order valence-corrected chi connectivity index (χ0v) is 12.4. The SMILES string of the molecule is CCC1CCCC(NC(=O)CCc2cccc(N)c2)C1. The number of anilines is 1. The number of benzene rings is 1. The van der Waals surface area contributed by atoms with E-state index in [1.807, 2.05) is 24.3 Å².